The van der Waals surface area contributed by atoms with Crippen molar-refractivity contribution in [1.82, 2.24) is 5.32 Å². The highest BCUT2D eigenvalue weighted by Crippen LogP contribution is 2.16. The van der Waals surface area contributed by atoms with Crippen LogP contribution in [-0.2, 0) is 0 Å². The van der Waals surface area contributed by atoms with Gasteiger partial charge in [0.15, 0.2) is 17.5 Å². The Balaban J connectivity index is 2.83. The summed E-state index contributed by atoms with van der Waals surface area (Å²) in [7, 11) is 0. The van der Waals surface area contributed by atoms with Gasteiger partial charge in [0, 0.05) is 6.54 Å². The summed E-state index contributed by atoms with van der Waals surface area (Å²) in [6.45, 7) is 3.40. The van der Waals surface area contributed by atoms with Crippen molar-refractivity contribution in [2.45, 2.75) is 32.3 Å². The molecule has 106 valence electrons. The van der Waals surface area contributed by atoms with Gasteiger partial charge in [-0.05, 0) is 25.0 Å². The molecule has 1 aromatic carbocycles. The maximum atomic E-state index is 13.4. The van der Waals surface area contributed by atoms with Gasteiger partial charge < -0.3 is 10.4 Å². The second kappa shape index (κ2) is 6.06. The molecule has 1 rings (SSSR count). The first kappa shape index (κ1) is 15.5. The summed E-state index contributed by atoms with van der Waals surface area (Å²) in [5, 5.41) is 12.3. The maximum absolute atomic E-state index is 13.4. The molecule has 0 spiro atoms. The van der Waals surface area contributed by atoms with Gasteiger partial charge in [-0.1, -0.05) is 13.8 Å². The van der Waals surface area contributed by atoms with Crippen molar-refractivity contribution >= 4 is 5.91 Å². The highest BCUT2D eigenvalue weighted by Gasteiger charge is 2.25. The first-order valence-electron chi connectivity index (χ1n) is 5.98. The number of hydrogen-bond acceptors (Lipinski definition) is 2. The van der Waals surface area contributed by atoms with Gasteiger partial charge >= 0.3 is 0 Å². The number of halogens is 3. The van der Waals surface area contributed by atoms with Crippen LogP contribution in [0.4, 0.5) is 13.2 Å². The molecule has 0 unspecified atom stereocenters. The molecule has 0 fully saturated rings. The molecular weight excluding hydrogens is 259 g/mol. The van der Waals surface area contributed by atoms with E-state index in [0.717, 1.165) is 6.07 Å². The number of hydrogen-bond donors (Lipinski definition) is 2. The molecule has 2 N–H and O–H groups in total. The van der Waals surface area contributed by atoms with Gasteiger partial charge in [-0.15, -0.1) is 0 Å². The molecule has 0 saturated carbocycles. The molecule has 19 heavy (non-hydrogen) atoms. The molecule has 0 radical (unpaired) electrons. The molecule has 0 aliphatic heterocycles. The summed E-state index contributed by atoms with van der Waals surface area (Å²) < 4.78 is 39.1. The SMILES string of the molecule is CCC(O)(CC)CNC(=O)c1ccc(F)c(F)c1F. The first-order valence-corrected chi connectivity index (χ1v) is 5.98. The quantitative estimate of drug-likeness (QED) is 0.811. The zero-order valence-electron chi connectivity index (χ0n) is 10.8. The third kappa shape index (κ3) is 3.47. The topological polar surface area (TPSA) is 49.3 Å². The van der Waals surface area contributed by atoms with E-state index in [1.54, 1.807) is 13.8 Å². The fourth-order valence-electron chi connectivity index (χ4n) is 1.54. The first-order chi connectivity index (χ1) is 8.84. The van der Waals surface area contributed by atoms with Crippen molar-refractivity contribution in [2.75, 3.05) is 6.54 Å². The van der Waals surface area contributed by atoms with Crippen molar-refractivity contribution in [3.8, 4) is 0 Å². The monoisotopic (exact) mass is 275 g/mol. The standard InChI is InChI=1S/C13H16F3NO2/c1-3-13(19,4-2)7-17-12(18)8-5-6-9(14)11(16)10(8)15/h5-6,19H,3-4,7H2,1-2H3,(H,17,18). The number of carbonyl (C=O) groups is 1. The van der Waals surface area contributed by atoms with Gasteiger partial charge in [0.1, 0.15) is 0 Å². The van der Waals surface area contributed by atoms with Crippen molar-refractivity contribution in [3.05, 3.63) is 35.1 Å². The van der Waals surface area contributed by atoms with Crippen LogP contribution in [0.3, 0.4) is 0 Å². The van der Waals surface area contributed by atoms with E-state index >= 15 is 0 Å². The molecule has 0 aliphatic rings. The van der Waals surface area contributed by atoms with Crippen LogP contribution >= 0.6 is 0 Å². The third-order valence-corrected chi connectivity index (χ3v) is 3.17. The minimum absolute atomic E-state index is 0.0860. The van der Waals surface area contributed by atoms with Crippen molar-refractivity contribution in [1.29, 1.82) is 0 Å². The van der Waals surface area contributed by atoms with Crippen LogP contribution < -0.4 is 5.32 Å². The summed E-state index contributed by atoms with van der Waals surface area (Å²) in [4.78, 5) is 11.7. The van der Waals surface area contributed by atoms with Crippen molar-refractivity contribution in [2.24, 2.45) is 0 Å². The molecule has 1 aromatic rings. The Labute approximate surface area is 109 Å². The summed E-state index contributed by atoms with van der Waals surface area (Å²) in [6.07, 6.45) is 0.814. The Kier molecular flexibility index (Phi) is 4.94. The van der Waals surface area contributed by atoms with Gasteiger partial charge in [0.25, 0.3) is 5.91 Å². The Morgan fingerprint density at radius 2 is 1.79 bits per heavy atom. The van der Waals surface area contributed by atoms with Crippen molar-refractivity contribution < 1.29 is 23.1 Å². The number of rotatable bonds is 5. The van der Waals surface area contributed by atoms with E-state index in [-0.39, 0.29) is 6.54 Å². The summed E-state index contributed by atoms with van der Waals surface area (Å²) in [5.74, 6) is -5.47. The lowest BCUT2D eigenvalue weighted by Crippen LogP contribution is -2.42. The molecule has 1 amide bonds. The van der Waals surface area contributed by atoms with Gasteiger partial charge in [0.2, 0.25) is 0 Å². The Bertz CT molecular complexity index is 473. The average Bonchev–Trinajstić information content (AvgIpc) is 2.42. The second-order valence-electron chi connectivity index (χ2n) is 4.34. The Morgan fingerprint density at radius 1 is 1.21 bits per heavy atom. The van der Waals surface area contributed by atoms with Crippen LogP contribution in [0.2, 0.25) is 0 Å². The highest BCUT2D eigenvalue weighted by molar-refractivity contribution is 5.94. The highest BCUT2D eigenvalue weighted by atomic mass is 19.2. The van der Waals surface area contributed by atoms with E-state index in [9.17, 15) is 23.1 Å². The van der Waals surface area contributed by atoms with Crippen LogP contribution in [0, 0.1) is 17.5 Å². The van der Waals surface area contributed by atoms with E-state index in [0.29, 0.717) is 18.9 Å². The van der Waals surface area contributed by atoms with E-state index in [1.165, 1.54) is 0 Å². The molecule has 0 bridgehead atoms. The summed E-state index contributed by atoms with van der Waals surface area (Å²) in [6, 6.07) is 1.54. The molecule has 0 heterocycles. The van der Waals surface area contributed by atoms with Gasteiger partial charge in [-0.25, -0.2) is 13.2 Å². The molecule has 0 atom stereocenters. The lowest BCUT2D eigenvalue weighted by atomic mass is 9.97. The number of benzene rings is 1. The van der Waals surface area contributed by atoms with E-state index < -0.39 is 34.5 Å². The number of aliphatic hydroxyl groups is 1. The lowest BCUT2D eigenvalue weighted by molar-refractivity contribution is 0.0313. The fourth-order valence-corrected chi connectivity index (χ4v) is 1.54. The normalized spacial score (nSPS) is 11.5. The average molecular weight is 275 g/mol. The van der Waals surface area contributed by atoms with Gasteiger partial charge in [-0.3, -0.25) is 4.79 Å². The fraction of sp³-hybridized carbons (Fsp3) is 0.462. The third-order valence-electron chi connectivity index (χ3n) is 3.17. The number of amides is 1. The smallest absolute Gasteiger partial charge is 0.254 e. The van der Waals surface area contributed by atoms with Gasteiger partial charge in [-0.2, -0.15) is 0 Å². The van der Waals surface area contributed by atoms with E-state index in [4.69, 9.17) is 0 Å². The van der Waals surface area contributed by atoms with Crippen LogP contribution in [0.5, 0.6) is 0 Å². The van der Waals surface area contributed by atoms with E-state index in [2.05, 4.69) is 5.32 Å². The van der Waals surface area contributed by atoms with E-state index in [1.807, 2.05) is 0 Å². The van der Waals surface area contributed by atoms with Crippen LogP contribution in [0.25, 0.3) is 0 Å². The minimum atomic E-state index is -1.69. The molecule has 0 aliphatic carbocycles. The maximum Gasteiger partial charge on any atom is 0.254 e. The number of carbonyl (C=O) groups excluding carboxylic acids is 1. The summed E-state index contributed by atoms with van der Waals surface area (Å²) >= 11 is 0. The molecule has 6 heteroatoms. The Hall–Kier alpha value is -1.56. The van der Waals surface area contributed by atoms with Crippen LogP contribution in [0.1, 0.15) is 37.0 Å². The molecule has 0 saturated heterocycles. The molecule has 3 nitrogen and oxygen atoms in total. The van der Waals surface area contributed by atoms with Crippen LogP contribution in [0.15, 0.2) is 12.1 Å². The lowest BCUT2D eigenvalue weighted by Gasteiger charge is -2.25. The second-order valence-corrected chi connectivity index (χ2v) is 4.34. The number of nitrogens with one attached hydrogen (secondary N) is 1. The zero-order chi connectivity index (χ0) is 14.6. The zero-order valence-corrected chi connectivity index (χ0v) is 10.8. The molecule has 0 aromatic heterocycles. The largest absolute Gasteiger partial charge is 0.388 e. The predicted octanol–water partition coefficient (Wildman–Crippen LogP) is 2.38. The Morgan fingerprint density at radius 3 is 2.32 bits per heavy atom. The molecular formula is C13H16F3NO2. The van der Waals surface area contributed by atoms with Crippen LogP contribution in [-0.4, -0.2) is 23.2 Å². The summed E-state index contributed by atoms with van der Waals surface area (Å²) in [5.41, 5.74) is -1.68. The van der Waals surface area contributed by atoms with Crippen molar-refractivity contribution in [3.63, 3.8) is 0 Å². The minimum Gasteiger partial charge on any atom is -0.388 e. The predicted molar refractivity (Wildman–Crippen MR) is 64.2 cm³/mol. The van der Waals surface area contributed by atoms with Gasteiger partial charge in [0.05, 0.1) is 11.2 Å².